The average Bonchev–Trinajstić information content (AvgIpc) is 2.51. The van der Waals surface area contributed by atoms with Crippen LogP contribution in [0.1, 0.15) is 5.69 Å². The lowest BCUT2D eigenvalue weighted by Crippen LogP contribution is -2.02. The maximum Gasteiger partial charge on any atom is 0.189 e. The van der Waals surface area contributed by atoms with E-state index in [2.05, 4.69) is 10.1 Å². The lowest BCUT2D eigenvalue weighted by molar-refractivity contribution is 0.560. The van der Waals surface area contributed by atoms with Gasteiger partial charge in [-0.3, -0.25) is 0 Å². The first-order valence-electron chi connectivity index (χ1n) is 4.00. The number of aryl methyl sites for hydroxylation is 1. The quantitative estimate of drug-likeness (QED) is 0.695. The minimum Gasteiger partial charge on any atom is -0.231 e. The lowest BCUT2D eigenvalue weighted by Gasteiger charge is -2.00. The maximum absolute atomic E-state index is 13.2. The Balaban J connectivity index is 2.52. The second kappa shape index (κ2) is 3.17. The molecule has 0 spiro atoms. The Kier molecular flexibility index (Phi) is 1.99. The number of hydrogen-bond donors (Lipinski definition) is 0. The van der Waals surface area contributed by atoms with Gasteiger partial charge in [0.1, 0.15) is 5.82 Å². The third kappa shape index (κ3) is 1.48. The standard InChI is InChI=1S/C9H7F2N3/c1-6-2-3-14(13-6)9-8(11)4-7(10)5-12-9/h2-5H,1H3. The Bertz CT molecular complexity index is 465. The van der Waals surface area contributed by atoms with Crippen molar-refractivity contribution in [2.24, 2.45) is 0 Å². The van der Waals surface area contributed by atoms with Crippen LogP contribution < -0.4 is 0 Å². The molecule has 0 unspecified atom stereocenters. The Hall–Kier alpha value is -1.78. The van der Waals surface area contributed by atoms with Gasteiger partial charge in [-0.05, 0) is 13.0 Å². The maximum atomic E-state index is 13.2. The van der Waals surface area contributed by atoms with Crippen molar-refractivity contribution in [1.82, 2.24) is 14.8 Å². The highest BCUT2D eigenvalue weighted by Crippen LogP contribution is 2.10. The van der Waals surface area contributed by atoms with Crippen molar-refractivity contribution in [2.45, 2.75) is 6.92 Å². The summed E-state index contributed by atoms with van der Waals surface area (Å²) in [5.41, 5.74) is 0.746. The number of rotatable bonds is 1. The van der Waals surface area contributed by atoms with Crippen LogP contribution >= 0.6 is 0 Å². The molecule has 2 rings (SSSR count). The normalized spacial score (nSPS) is 10.5. The zero-order chi connectivity index (χ0) is 10.1. The van der Waals surface area contributed by atoms with E-state index >= 15 is 0 Å². The van der Waals surface area contributed by atoms with E-state index in [0.29, 0.717) is 0 Å². The monoisotopic (exact) mass is 195 g/mol. The van der Waals surface area contributed by atoms with E-state index in [9.17, 15) is 8.78 Å². The van der Waals surface area contributed by atoms with E-state index in [4.69, 9.17) is 0 Å². The first kappa shape index (κ1) is 8.80. The van der Waals surface area contributed by atoms with E-state index < -0.39 is 11.6 Å². The van der Waals surface area contributed by atoms with Crippen molar-refractivity contribution in [2.75, 3.05) is 0 Å². The Labute approximate surface area is 79.0 Å². The van der Waals surface area contributed by atoms with Gasteiger partial charge in [0.05, 0.1) is 11.9 Å². The van der Waals surface area contributed by atoms with Crippen LogP contribution in [-0.2, 0) is 0 Å². The Morgan fingerprint density at radius 2 is 2.14 bits per heavy atom. The minimum atomic E-state index is -0.729. The average molecular weight is 195 g/mol. The third-order valence-electron chi connectivity index (χ3n) is 1.73. The molecule has 0 aliphatic heterocycles. The Morgan fingerprint density at radius 1 is 1.36 bits per heavy atom. The number of nitrogens with zero attached hydrogens (tertiary/aromatic N) is 3. The summed E-state index contributed by atoms with van der Waals surface area (Å²) < 4.78 is 27.0. The summed E-state index contributed by atoms with van der Waals surface area (Å²) in [5.74, 6) is -1.43. The smallest absolute Gasteiger partial charge is 0.189 e. The molecular formula is C9H7F2N3. The molecule has 0 aromatic carbocycles. The van der Waals surface area contributed by atoms with Crippen molar-refractivity contribution >= 4 is 0 Å². The molecule has 0 bridgehead atoms. The van der Waals surface area contributed by atoms with Crippen LogP contribution in [0.15, 0.2) is 24.5 Å². The number of halogens is 2. The minimum absolute atomic E-state index is 0.000463. The van der Waals surface area contributed by atoms with Gasteiger partial charge in [0.15, 0.2) is 11.6 Å². The van der Waals surface area contributed by atoms with Crippen LogP contribution in [0.2, 0.25) is 0 Å². The third-order valence-corrected chi connectivity index (χ3v) is 1.73. The van der Waals surface area contributed by atoms with E-state index in [0.717, 1.165) is 18.0 Å². The molecule has 0 radical (unpaired) electrons. The molecule has 0 saturated carbocycles. The fraction of sp³-hybridized carbons (Fsp3) is 0.111. The van der Waals surface area contributed by atoms with Crippen LogP contribution in [0.5, 0.6) is 0 Å². The summed E-state index contributed by atoms with van der Waals surface area (Å²) in [4.78, 5) is 3.61. The van der Waals surface area contributed by atoms with Gasteiger partial charge in [0, 0.05) is 12.3 Å². The molecular weight excluding hydrogens is 188 g/mol. The molecule has 0 atom stereocenters. The van der Waals surface area contributed by atoms with Gasteiger partial charge in [0.25, 0.3) is 0 Å². The molecule has 2 aromatic rings. The largest absolute Gasteiger partial charge is 0.231 e. The van der Waals surface area contributed by atoms with Gasteiger partial charge < -0.3 is 0 Å². The van der Waals surface area contributed by atoms with Crippen LogP contribution in [-0.4, -0.2) is 14.8 Å². The zero-order valence-corrected chi connectivity index (χ0v) is 7.41. The highest BCUT2D eigenvalue weighted by molar-refractivity contribution is 5.23. The molecule has 0 fully saturated rings. The van der Waals surface area contributed by atoms with Crippen LogP contribution in [0.3, 0.4) is 0 Å². The summed E-state index contributed by atoms with van der Waals surface area (Å²) in [6.45, 7) is 1.78. The Morgan fingerprint density at radius 3 is 2.71 bits per heavy atom. The van der Waals surface area contributed by atoms with Crippen molar-refractivity contribution in [3.05, 3.63) is 41.9 Å². The van der Waals surface area contributed by atoms with Gasteiger partial charge in [-0.25, -0.2) is 18.4 Å². The second-order valence-corrected chi connectivity index (χ2v) is 2.86. The van der Waals surface area contributed by atoms with E-state index in [1.54, 1.807) is 19.2 Å². The van der Waals surface area contributed by atoms with E-state index in [1.165, 1.54) is 4.68 Å². The molecule has 0 N–H and O–H groups in total. The van der Waals surface area contributed by atoms with E-state index in [-0.39, 0.29) is 5.82 Å². The summed E-state index contributed by atoms with van der Waals surface area (Å²) >= 11 is 0. The number of pyridine rings is 1. The second-order valence-electron chi connectivity index (χ2n) is 2.86. The predicted octanol–water partition coefficient (Wildman–Crippen LogP) is 1.85. The van der Waals surface area contributed by atoms with Crippen LogP contribution in [0, 0.1) is 18.6 Å². The molecule has 2 aromatic heterocycles. The van der Waals surface area contributed by atoms with E-state index in [1.807, 2.05) is 0 Å². The molecule has 0 aliphatic rings. The SMILES string of the molecule is Cc1ccn(-c2ncc(F)cc2F)n1. The zero-order valence-electron chi connectivity index (χ0n) is 7.41. The van der Waals surface area contributed by atoms with Crippen LogP contribution in [0.25, 0.3) is 5.82 Å². The molecule has 3 nitrogen and oxygen atoms in total. The summed E-state index contributed by atoms with van der Waals surface area (Å²) in [5, 5.41) is 3.96. The first-order chi connectivity index (χ1) is 6.66. The lowest BCUT2D eigenvalue weighted by atomic mass is 10.4. The molecule has 0 aliphatic carbocycles. The molecule has 0 amide bonds. The summed E-state index contributed by atoms with van der Waals surface area (Å²) in [6.07, 6.45) is 2.52. The van der Waals surface area contributed by atoms with Crippen molar-refractivity contribution in [3.63, 3.8) is 0 Å². The van der Waals surface area contributed by atoms with Crippen molar-refractivity contribution < 1.29 is 8.78 Å². The first-order valence-corrected chi connectivity index (χ1v) is 4.00. The van der Waals surface area contributed by atoms with Crippen LogP contribution in [0.4, 0.5) is 8.78 Å². The van der Waals surface area contributed by atoms with Gasteiger partial charge in [0.2, 0.25) is 0 Å². The molecule has 14 heavy (non-hydrogen) atoms. The fourth-order valence-electron chi connectivity index (χ4n) is 1.11. The molecule has 0 saturated heterocycles. The summed E-state index contributed by atoms with van der Waals surface area (Å²) in [7, 11) is 0. The van der Waals surface area contributed by atoms with Gasteiger partial charge >= 0.3 is 0 Å². The molecule has 5 heteroatoms. The van der Waals surface area contributed by atoms with Gasteiger partial charge in [-0.15, -0.1) is 0 Å². The van der Waals surface area contributed by atoms with Gasteiger partial charge in [-0.2, -0.15) is 5.10 Å². The molecule has 2 heterocycles. The summed E-state index contributed by atoms with van der Waals surface area (Å²) in [6, 6.07) is 2.49. The number of aromatic nitrogens is 3. The molecule has 72 valence electrons. The highest BCUT2D eigenvalue weighted by atomic mass is 19.1. The van der Waals surface area contributed by atoms with Crippen molar-refractivity contribution in [1.29, 1.82) is 0 Å². The van der Waals surface area contributed by atoms with Gasteiger partial charge in [-0.1, -0.05) is 0 Å². The predicted molar refractivity (Wildman–Crippen MR) is 46.0 cm³/mol. The number of hydrogen-bond acceptors (Lipinski definition) is 2. The van der Waals surface area contributed by atoms with Crippen molar-refractivity contribution in [3.8, 4) is 5.82 Å². The highest BCUT2D eigenvalue weighted by Gasteiger charge is 2.07. The fourth-order valence-corrected chi connectivity index (χ4v) is 1.11. The topological polar surface area (TPSA) is 30.7 Å².